The second-order valence-corrected chi connectivity index (χ2v) is 9.57. The molecule has 172 valence electrons. The van der Waals surface area contributed by atoms with Crippen molar-refractivity contribution in [3.63, 3.8) is 0 Å². The van der Waals surface area contributed by atoms with Crippen molar-refractivity contribution < 1.29 is 9.21 Å². The quantitative estimate of drug-likeness (QED) is 0.343. The summed E-state index contributed by atoms with van der Waals surface area (Å²) in [6.45, 7) is 4.22. The van der Waals surface area contributed by atoms with E-state index in [1.54, 1.807) is 18.7 Å². The molecule has 10 nitrogen and oxygen atoms in total. The molecule has 0 fully saturated rings. The fourth-order valence-corrected chi connectivity index (χ4v) is 5.13. The zero-order valence-electron chi connectivity index (χ0n) is 18.3. The Bertz CT molecular complexity index is 1520. The van der Waals surface area contributed by atoms with Gasteiger partial charge in [0.2, 0.25) is 5.91 Å². The topological polar surface area (TPSA) is 121 Å². The summed E-state index contributed by atoms with van der Waals surface area (Å²) in [7, 11) is 0. The van der Waals surface area contributed by atoms with E-state index in [1.165, 1.54) is 29.4 Å². The molecule has 0 aromatic carbocycles. The van der Waals surface area contributed by atoms with Gasteiger partial charge in [-0.25, -0.2) is 9.66 Å². The molecule has 0 aliphatic carbocycles. The number of hydrogen-bond donors (Lipinski definition) is 1. The molecule has 0 saturated carbocycles. The SMILES string of the molecule is Cc1sc2ncn(NC(=O)CSc3nnc(-c4cccnc4)n3Cc3ccco3)c(=O)c2c1C. The number of nitrogens with one attached hydrogen (secondary N) is 1. The number of aromatic nitrogens is 6. The summed E-state index contributed by atoms with van der Waals surface area (Å²) in [5, 5.41) is 9.64. The summed E-state index contributed by atoms with van der Waals surface area (Å²) in [5.74, 6) is 0.994. The Morgan fingerprint density at radius 1 is 1.24 bits per heavy atom. The van der Waals surface area contributed by atoms with Gasteiger partial charge in [-0.15, -0.1) is 21.5 Å². The fourth-order valence-electron chi connectivity index (χ4n) is 3.42. The van der Waals surface area contributed by atoms with Crippen molar-refractivity contribution in [2.45, 2.75) is 25.5 Å². The Morgan fingerprint density at radius 2 is 2.12 bits per heavy atom. The number of amides is 1. The van der Waals surface area contributed by atoms with Crippen molar-refractivity contribution in [3.8, 4) is 11.4 Å². The van der Waals surface area contributed by atoms with Crippen LogP contribution in [0.1, 0.15) is 16.2 Å². The number of thiophene rings is 1. The zero-order valence-corrected chi connectivity index (χ0v) is 19.9. The maximum absolute atomic E-state index is 12.8. The predicted molar refractivity (Wildman–Crippen MR) is 130 cm³/mol. The van der Waals surface area contributed by atoms with Crippen molar-refractivity contribution in [3.05, 3.63) is 75.8 Å². The number of nitrogens with zero attached hydrogens (tertiary/aromatic N) is 6. The first-order valence-electron chi connectivity index (χ1n) is 10.3. The van der Waals surface area contributed by atoms with E-state index in [0.717, 1.165) is 26.4 Å². The van der Waals surface area contributed by atoms with Crippen LogP contribution in [-0.4, -0.2) is 41.1 Å². The van der Waals surface area contributed by atoms with Gasteiger partial charge in [-0.1, -0.05) is 11.8 Å². The van der Waals surface area contributed by atoms with Crippen molar-refractivity contribution in [2.24, 2.45) is 0 Å². The van der Waals surface area contributed by atoms with Crippen LogP contribution in [0.25, 0.3) is 21.6 Å². The molecule has 34 heavy (non-hydrogen) atoms. The number of fused-ring (bicyclic) bond motifs is 1. The molecule has 0 aliphatic rings. The summed E-state index contributed by atoms with van der Waals surface area (Å²) in [6, 6.07) is 7.38. The van der Waals surface area contributed by atoms with Crippen LogP contribution in [0.3, 0.4) is 0 Å². The first-order chi connectivity index (χ1) is 16.5. The fraction of sp³-hybridized carbons (Fsp3) is 0.182. The highest BCUT2D eigenvalue weighted by Crippen LogP contribution is 2.26. The third-order valence-corrected chi connectivity index (χ3v) is 7.28. The van der Waals surface area contributed by atoms with E-state index in [2.05, 4.69) is 25.6 Å². The molecule has 12 heteroatoms. The van der Waals surface area contributed by atoms with Crippen LogP contribution in [-0.2, 0) is 11.3 Å². The van der Waals surface area contributed by atoms with E-state index < -0.39 is 0 Å². The predicted octanol–water partition coefficient (Wildman–Crippen LogP) is 3.23. The van der Waals surface area contributed by atoms with Gasteiger partial charge in [0.1, 0.15) is 16.9 Å². The molecule has 5 aromatic heterocycles. The molecule has 1 amide bonds. The normalized spacial score (nSPS) is 11.2. The maximum Gasteiger partial charge on any atom is 0.281 e. The standard InChI is InChI=1S/C22H19N7O3S2/c1-13-14(2)34-20-18(13)21(31)29(12-24-20)27-17(30)11-33-22-26-25-19(15-5-3-7-23-9-15)28(22)10-16-6-4-8-32-16/h3-9,12H,10-11H2,1-2H3,(H,27,30). The molecule has 0 saturated heterocycles. The molecule has 0 atom stereocenters. The highest BCUT2D eigenvalue weighted by Gasteiger charge is 2.18. The van der Waals surface area contributed by atoms with E-state index in [0.29, 0.717) is 27.7 Å². The molecule has 0 radical (unpaired) electrons. The molecule has 0 bridgehead atoms. The minimum absolute atomic E-state index is 0.0233. The molecule has 0 spiro atoms. The molecular formula is C22H19N7O3S2. The summed E-state index contributed by atoms with van der Waals surface area (Å²) in [5.41, 5.74) is 3.99. The monoisotopic (exact) mass is 493 g/mol. The number of rotatable bonds is 7. The van der Waals surface area contributed by atoms with Gasteiger partial charge >= 0.3 is 0 Å². The molecule has 0 aliphatic heterocycles. The Hall–Kier alpha value is -3.77. The van der Waals surface area contributed by atoms with Gasteiger partial charge in [0.15, 0.2) is 11.0 Å². The Labute approximate surface area is 201 Å². The van der Waals surface area contributed by atoms with Crippen molar-refractivity contribution in [1.82, 2.24) is 29.4 Å². The third-order valence-electron chi connectivity index (χ3n) is 5.20. The number of carbonyl (C=O) groups excluding carboxylic acids is 1. The first kappa shape index (κ1) is 22.0. The lowest BCUT2D eigenvalue weighted by Gasteiger charge is -2.10. The van der Waals surface area contributed by atoms with Crippen LogP contribution < -0.4 is 11.0 Å². The van der Waals surface area contributed by atoms with Gasteiger partial charge in [-0.2, -0.15) is 0 Å². The van der Waals surface area contributed by atoms with E-state index in [1.807, 2.05) is 42.7 Å². The molecule has 5 rings (SSSR count). The van der Waals surface area contributed by atoms with Gasteiger partial charge in [0, 0.05) is 22.8 Å². The highest BCUT2D eigenvalue weighted by molar-refractivity contribution is 7.99. The number of thioether (sulfide) groups is 1. The number of hydrogen-bond acceptors (Lipinski definition) is 9. The summed E-state index contributed by atoms with van der Waals surface area (Å²) >= 11 is 2.67. The van der Waals surface area contributed by atoms with E-state index in [-0.39, 0.29) is 17.2 Å². The van der Waals surface area contributed by atoms with Crippen LogP contribution in [0.4, 0.5) is 0 Å². The lowest BCUT2D eigenvalue weighted by atomic mass is 10.2. The largest absolute Gasteiger partial charge is 0.467 e. The lowest BCUT2D eigenvalue weighted by molar-refractivity contribution is -0.114. The molecule has 5 heterocycles. The second kappa shape index (κ2) is 9.23. The number of carbonyl (C=O) groups is 1. The van der Waals surface area contributed by atoms with Gasteiger partial charge in [-0.05, 0) is 43.7 Å². The van der Waals surface area contributed by atoms with Gasteiger partial charge in [0.25, 0.3) is 5.56 Å². The maximum atomic E-state index is 12.8. The summed E-state index contributed by atoms with van der Waals surface area (Å²) < 4.78 is 8.48. The minimum Gasteiger partial charge on any atom is -0.467 e. The Morgan fingerprint density at radius 3 is 2.88 bits per heavy atom. The third kappa shape index (κ3) is 4.24. The summed E-state index contributed by atoms with van der Waals surface area (Å²) in [4.78, 5) is 35.6. The van der Waals surface area contributed by atoms with Gasteiger partial charge in [0.05, 0.1) is 23.9 Å². The van der Waals surface area contributed by atoms with Crippen molar-refractivity contribution in [2.75, 3.05) is 11.2 Å². The second-order valence-electron chi connectivity index (χ2n) is 7.42. The minimum atomic E-state index is -0.367. The smallest absolute Gasteiger partial charge is 0.281 e. The number of aryl methyl sites for hydroxylation is 2. The van der Waals surface area contributed by atoms with E-state index in [4.69, 9.17) is 4.42 Å². The molecule has 1 N–H and O–H groups in total. The van der Waals surface area contributed by atoms with E-state index in [9.17, 15) is 9.59 Å². The zero-order chi connectivity index (χ0) is 23.7. The van der Waals surface area contributed by atoms with Crippen LogP contribution in [0.2, 0.25) is 0 Å². The van der Waals surface area contributed by atoms with E-state index >= 15 is 0 Å². The Balaban J connectivity index is 1.36. The Kier molecular flexibility index (Phi) is 5.99. The van der Waals surface area contributed by atoms with Crippen molar-refractivity contribution in [1.29, 1.82) is 0 Å². The van der Waals surface area contributed by atoms with Crippen LogP contribution in [0, 0.1) is 13.8 Å². The lowest BCUT2D eigenvalue weighted by Crippen LogP contribution is -2.34. The number of pyridine rings is 1. The molecule has 0 unspecified atom stereocenters. The highest BCUT2D eigenvalue weighted by atomic mass is 32.2. The molecular weight excluding hydrogens is 474 g/mol. The number of furan rings is 1. The van der Waals surface area contributed by atoms with Gasteiger partial charge < -0.3 is 4.42 Å². The average molecular weight is 494 g/mol. The molecule has 5 aromatic rings. The van der Waals surface area contributed by atoms with Crippen LogP contribution in [0.5, 0.6) is 0 Å². The van der Waals surface area contributed by atoms with Crippen LogP contribution in [0.15, 0.2) is 63.6 Å². The average Bonchev–Trinajstić information content (AvgIpc) is 3.56. The first-order valence-corrected chi connectivity index (χ1v) is 12.1. The van der Waals surface area contributed by atoms with Crippen LogP contribution >= 0.6 is 23.1 Å². The van der Waals surface area contributed by atoms with Crippen molar-refractivity contribution >= 4 is 39.2 Å². The summed E-state index contributed by atoms with van der Waals surface area (Å²) in [6.07, 6.45) is 6.32. The van der Waals surface area contributed by atoms with Gasteiger partial charge in [-0.3, -0.25) is 24.6 Å².